The lowest BCUT2D eigenvalue weighted by atomic mass is 9.99. The van der Waals surface area contributed by atoms with Crippen molar-refractivity contribution in [2.24, 2.45) is 5.92 Å². The summed E-state index contributed by atoms with van der Waals surface area (Å²) in [7, 11) is -3.72. The molecule has 1 atom stereocenters. The molecule has 0 spiro atoms. The highest BCUT2D eigenvalue weighted by Crippen LogP contribution is 2.25. The molecule has 1 saturated heterocycles. The van der Waals surface area contributed by atoms with Gasteiger partial charge in [0.25, 0.3) is 0 Å². The topological polar surface area (TPSA) is 95.6 Å². The first-order chi connectivity index (χ1) is 14.3. The number of nitrogens with zero attached hydrogens (tertiary/aromatic N) is 1. The van der Waals surface area contributed by atoms with Gasteiger partial charge in [0, 0.05) is 37.3 Å². The molecule has 2 N–H and O–H groups in total. The van der Waals surface area contributed by atoms with Crippen LogP contribution < -0.4 is 10.6 Å². The zero-order valence-corrected chi connectivity index (χ0v) is 18.2. The van der Waals surface area contributed by atoms with E-state index in [9.17, 15) is 18.0 Å². The van der Waals surface area contributed by atoms with Crippen LogP contribution in [0.25, 0.3) is 0 Å². The number of anilines is 1. The van der Waals surface area contributed by atoms with Crippen molar-refractivity contribution in [2.45, 2.75) is 31.2 Å². The molecular formula is C21H24ClN3O4S. The maximum atomic E-state index is 13.0. The Hall–Kier alpha value is -2.42. The van der Waals surface area contributed by atoms with Crippen LogP contribution in [0.5, 0.6) is 0 Å². The Kier molecular flexibility index (Phi) is 7.12. The number of amides is 2. The number of nitrogens with one attached hydrogen (secondary N) is 2. The number of halogens is 1. The number of carbonyl (C=O) groups excluding carboxylic acids is 2. The Morgan fingerprint density at radius 2 is 1.90 bits per heavy atom. The van der Waals surface area contributed by atoms with E-state index in [-0.39, 0.29) is 23.3 Å². The zero-order valence-electron chi connectivity index (χ0n) is 16.6. The third-order valence-corrected chi connectivity index (χ3v) is 7.04. The van der Waals surface area contributed by atoms with Gasteiger partial charge in [-0.2, -0.15) is 4.31 Å². The molecule has 0 aliphatic carbocycles. The molecule has 160 valence electrons. The van der Waals surface area contributed by atoms with Crippen molar-refractivity contribution < 1.29 is 18.0 Å². The van der Waals surface area contributed by atoms with Gasteiger partial charge in [0.1, 0.15) is 0 Å². The molecule has 0 bridgehead atoms. The van der Waals surface area contributed by atoms with E-state index < -0.39 is 15.9 Å². The van der Waals surface area contributed by atoms with Crippen LogP contribution in [0, 0.1) is 5.92 Å². The predicted octanol–water partition coefficient (Wildman–Crippen LogP) is 3.02. The van der Waals surface area contributed by atoms with E-state index in [4.69, 9.17) is 11.6 Å². The van der Waals surface area contributed by atoms with Gasteiger partial charge in [-0.1, -0.05) is 23.7 Å². The van der Waals surface area contributed by atoms with E-state index >= 15 is 0 Å². The minimum absolute atomic E-state index is 0.136. The van der Waals surface area contributed by atoms with Gasteiger partial charge >= 0.3 is 0 Å². The van der Waals surface area contributed by atoms with E-state index in [1.807, 2.05) is 12.1 Å². The molecule has 30 heavy (non-hydrogen) atoms. The Morgan fingerprint density at radius 1 is 1.17 bits per heavy atom. The lowest BCUT2D eigenvalue weighted by Crippen LogP contribution is -2.45. The van der Waals surface area contributed by atoms with Crippen LogP contribution in [0.2, 0.25) is 5.02 Å². The van der Waals surface area contributed by atoms with Gasteiger partial charge in [-0.25, -0.2) is 8.42 Å². The molecular weight excluding hydrogens is 426 g/mol. The summed E-state index contributed by atoms with van der Waals surface area (Å²) in [6, 6.07) is 13.3. The van der Waals surface area contributed by atoms with E-state index in [1.54, 1.807) is 24.3 Å². The highest BCUT2D eigenvalue weighted by Gasteiger charge is 2.33. The molecule has 2 amide bonds. The molecule has 1 fully saturated rings. The molecule has 0 unspecified atom stereocenters. The summed E-state index contributed by atoms with van der Waals surface area (Å²) in [5.41, 5.74) is 1.41. The first kappa shape index (κ1) is 22.3. The van der Waals surface area contributed by atoms with Gasteiger partial charge in [-0.3, -0.25) is 9.59 Å². The molecule has 1 aliphatic heterocycles. The van der Waals surface area contributed by atoms with Crippen LogP contribution in [0.4, 0.5) is 5.69 Å². The van der Waals surface area contributed by atoms with Gasteiger partial charge in [-0.05, 0) is 54.8 Å². The monoisotopic (exact) mass is 449 g/mol. The largest absolute Gasteiger partial charge is 0.352 e. The molecule has 1 heterocycles. The Bertz CT molecular complexity index is 1020. The van der Waals surface area contributed by atoms with E-state index in [0.717, 1.165) is 5.56 Å². The summed E-state index contributed by atoms with van der Waals surface area (Å²) in [5, 5.41) is 6.08. The Labute approximate surface area is 181 Å². The fraction of sp³-hybridized carbons (Fsp3) is 0.333. The van der Waals surface area contributed by atoms with Crippen molar-refractivity contribution in [1.82, 2.24) is 9.62 Å². The molecule has 0 aromatic heterocycles. The van der Waals surface area contributed by atoms with Gasteiger partial charge in [0.15, 0.2) is 0 Å². The molecule has 0 saturated carbocycles. The van der Waals surface area contributed by atoms with Gasteiger partial charge < -0.3 is 10.6 Å². The molecule has 3 rings (SSSR count). The van der Waals surface area contributed by atoms with Crippen molar-refractivity contribution >= 4 is 39.1 Å². The second kappa shape index (κ2) is 9.59. The maximum absolute atomic E-state index is 13.0. The summed E-state index contributed by atoms with van der Waals surface area (Å²) >= 11 is 5.96. The molecule has 2 aromatic rings. The van der Waals surface area contributed by atoms with Crippen molar-refractivity contribution in [3.63, 3.8) is 0 Å². The molecule has 9 heteroatoms. The van der Waals surface area contributed by atoms with Crippen molar-refractivity contribution in [2.75, 3.05) is 18.4 Å². The van der Waals surface area contributed by atoms with Crippen LogP contribution in [-0.4, -0.2) is 37.6 Å². The summed E-state index contributed by atoms with van der Waals surface area (Å²) in [4.78, 5) is 23.9. The smallest absolute Gasteiger partial charge is 0.243 e. The van der Waals surface area contributed by atoms with Crippen LogP contribution in [0.15, 0.2) is 53.4 Å². The fourth-order valence-corrected chi connectivity index (χ4v) is 5.15. The highest BCUT2D eigenvalue weighted by molar-refractivity contribution is 7.89. The van der Waals surface area contributed by atoms with Crippen LogP contribution in [0.3, 0.4) is 0 Å². The van der Waals surface area contributed by atoms with Gasteiger partial charge in [-0.15, -0.1) is 0 Å². The third kappa shape index (κ3) is 5.59. The van der Waals surface area contributed by atoms with Crippen LogP contribution in [0.1, 0.15) is 25.3 Å². The zero-order chi connectivity index (χ0) is 21.7. The number of piperidine rings is 1. The normalized spacial score (nSPS) is 17.3. The number of rotatable bonds is 6. The number of hydrogen-bond donors (Lipinski definition) is 2. The quantitative estimate of drug-likeness (QED) is 0.708. The lowest BCUT2D eigenvalue weighted by molar-refractivity contribution is -0.126. The SMILES string of the molecule is CC(=O)Nc1ccc(S(=O)(=O)N2CCC[C@@H](C(=O)NCc3cccc(Cl)c3)C2)cc1. The van der Waals surface area contributed by atoms with Crippen molar-refractivity contribution in [1.29, 1.82) is 0 Å². The minimum Gasteiger partial charge on any atom is -0.352 e. The standard InChI is InChI=1S/C21H24ClN3O4S/c1-15(26)24-19-7-9-20(10-8-19)30(28,29)25-11-3-5-17(14-25)21(27)23-13-16-4-2-6-18(22)12-16/h2,4,6-10,12,17H,3,5,11,13-14H2,1H3,(H,23,27)(H,24,26)/t17-/m1/s1. The summed E-state index contributed by atoms with van der Waals surface area (Å²) in [6.07, 6.45) is 1.24. The average molecular weight is 450 g/mol. The number of sulfonamides is 1. The Balaban J connectivity index is 1.64. The van der Waals surface area contributed by atoms with Crippen LogP contribution in [-0.2, 0) is 26.2 Å². The minimum atomic E-state index is -3.72. The molecule has 7 nitrogen and oxygen atoms in total. The van der Waals surface area contributed by atoms with E-state index in [1.165, 1.54) is 23.4 Å². The summed E-state index contributed by atoms with van der Waals surface area (Å²) < 4.78 is 27.4. The number of hydrogen-bond acceptors (Lipinski definition) is 4. The average Bonchev–Trinajstić information content (AvgIpc) is 2.72. The van der Waals surface area contributed by atoms with Crippen molar-refractivity contribution in [3.05, 3.63) is 59.1 Å². The van der Waals surface area contributed by atoms with Crippen LogP contribution >= 0.6 is 11.6 Å². The molecule has 0 radical (unpaired) electrons. The third-order valence-electron chi connectivity index (χ3n) is 4.92. The molecule has 1 aliphatic rings. The predicted molar refractivity (Wildman–Crippen MR) is 116 cm³/mol. The lowest BCUT2D eigenvalue weighted by Gasteiger charge is -2.31. The van der Waals surface area contributed by atoms with E-state index in [0.29, 0.717) is 36.6 Å². The second-order valence-corrected chi connectivity index (χ2v) is 9.63. The van der Waals surface area contributed by atoms with Crippen molar-refractivity contribution in [3.8, 4) is 0 Å². The van der Waals surface area contributed by atoms with E-state index in [2.05, 4.69) is 10.6 Å². The highest BCUT2D eigenvalue weighted by atomic mass is 35.5. The fourth-order valence-electron chi connectivity index (χ4n) is 3.42. The molecule has 2 aromatic carbocycles. The van der Waals surface area contributed by atoms with Gasteiger partial charge in [0.2, 0.25) is 21.8 Å². The first-order valence-electron chi connectivity index (χ1n) is 9.65. The number of benzene rings is 2. The van der Waals surface area contributed by atoms with Gasteiger partial charge in [0.05, 0.1) is 10.8 Å². The number of carbonyl (C=O) groups is 2. The second-order valence-electron chi connectivity index (χ2n) is 7.26. The first-order valence-corrected chi connectivity index (χ1v) is 11.5. The summed E-state index contributed by atoms with van der Waals surface area (Å²) in [6.45, 7) is 2.23. The summed E-state index contributed by atoms with van der Waals surface area (Å²) in [5.74, 6) is -0.810. The Morgan fingerprint density at radius 3 is 2.57 bits per heavy atom. The maximum Gasteiger partial charge on any atom is 0.243 e.